The van der Waals surface area contributed by atoms with Crippen molar-refractivity contribution < 1.29 is 24.6 Å². The van der Waals surface area contributed by atoms with Crippen LogP contribution in [-0.2, 0) is 9.63 Å². The van der Waals surface area contributed by atoms with Crippen molar-refractivity contribution in [3.8, 4) is 0 Å². The van der Waals surface area contributed by atoms with Crippen LogP contribution in [-0.4, -0.2) is 34.8 Å². The quantitative estimate of drug-likeness (QED) is 0.790. The van der Waals surface area contributed by atoms with E-state index in [1.165, 1.54) is 0 Å². The highest BCUT2D eigenvalue weighted by Gasteiger charge is 2.22. The number of carboxylic acids is 1. The average molecular weight is 301 g/mol. The number of aliphatic carboxylic acids is 1. The third-order valence-corrected chi connectivity index (χ3v) is 2.87. The lowest BCUT2D eigenvalue weighted by atomic mass is 10.2. The fraction of sp³-hybridized carbons (Fsp3) is 0.125. The molecule has 0 amide bonds. The molecule has 2 rings (SSSR count). The molecular weight excluding hydrogens is 286 g/mol. The molecule has 0 aromatic heterocycles. The van der Waals surface area contributed by atoms with Crippen LogP contribution in [0.5, 0.6) is 0 Å². The van der Waals surface area contributed by atoms with Gasteiger partial charge in [0, 0.05) is 0 Å². The molecule has 0 saturated carbocycles. The van der Waals surface area contributed by atoms with Gasteiger partial charge >= 0.3 is 11.9 Å². The summed E-state index contributed by atoms with van der Waals surface area (Å²) in [5.41, 5.74) is 0.792. The molecule has 1 atom stereocenters. The van der Waals surface area contributed by atoms with E-state index in [9.17, 15) is 14.7 Å². The van der Waals surface area contributed by atoms with E-state index in [1.54, 1.807) is 60.7 Å². The first kappa shape index (κ1) is 15.5. The van der Waals surface area contributed by atoms with Crippen molar-refractivity contribution in [3.05, 3.63) is 66.2 Å². The summed E-state index contributed by atoms with van der Waals surface area (Å²) in [5, 5.41) is 19.4. The van der Waals surface area contributed by atoms with Gasteiger partial charge in [-0.25, -0.2) is 14.7 Å². The number of hydrogen-bond donors (Lipinski definition) is 2. The zero-order chi connectivity index (χ0) is 15.9. The number of aliphatic hydroxyl groups is 1. The minimum absolute atomic E-state index is 0.327. The van der Waals surface area contributed by atoms with Crippen molar-refractivity contribution in [2.45, 2.75) is 6.10 Å². The maximum atomic E-state index is 12.1. The van der Waals surface area contributed by atoms with Gasteiger partial charge in [-0.3, -0.25) is 0 Å². The van der Waals surface area contributed by atoms with Crippen molar-refractivity contribution in [2.75, 3.05) is 11.6 Å². The molecule has 2 aromatic rings. The Hall–Kier alpha value is -2.86. The smallest absolute Gasteiger partial charge is 0.363 e. The number of nitrogens with zero attached hydrogens (tertiary/aromatic N) is 1. The zero-order valence-electron chi connectivity index (χ0n) is 11.6. The Bertz CT molecular complexity index is 629. The van der Waals surface area contributed by atoms with Crippen molar-refractivity contribution in [1.82, 2.24) is 0 Å². The van der Waals surface area contributed by atoms with Crippen molar-refractivity contribution in [1.29, 1.82) is 0 Å². The Balaban J connectivity index is 2.18. The molecule has 2 aromatic carbocycles. The third-order valence-electron chi connectivity index (χ3n) is 2.87. The number of carbonyl (C=O) groups excluding carboxylic acids is 1. The van der Waals surface area contributed by atoms with E-state index in [-0.39, 0.29) is 6.54 Å². The standard InChI is InChI=1S/C16H15NO5/c18-14(15(19)20)11-17(13-9-5-2-6-10-13)22-16(21)12-7-3-1-4-8-12/h1-10,14,18H,11H2,(H,19,20). The van der Waals surface area contributed by atoms with E-state index in [2.05, 4.69) is 0 Å². The predicted molar refractivity (Wildman–Crippen MR) is 79.3 cm³/mol. The Labute approximate surface area is 127 Å². The summed E-state index contributed by atoms with van der Waals surface area (Å²) in [6.07, 6.45) is -1.68. The van der Waals surface area contributed by atoms with Crippen LogP contribution in [0, 0.1) is 0 Å². The van der Waals surface area contributed by atoms with Crippen LogP contribution in [0.15, 0.2) is 60.7 Å². The fourth-order valence-electron chi connectivity index (χ4n) is 1.75. The lowest BCUT2D eigenvalue weighted by molar-refractivity contribution is -0.146. The van der Waals surface area contributed by atoms with Gasteiger partial charge in [-0.1, -0.05) is 36.4 Å². The van der Waals surface area contributed by atoms with Crippen molar-refractivity contribution >= 4 is 17.6 Å². The van der Waals surface area contributed by atoms with Gasteiger partial charge < -0.3 is 15.1 Å². The van der Waals surface area contributed by atoms with E-state index >= 15 is 0 Å². The molecule has 0 spiro atoms. The largest absolute Gasteiger partial charge is 0.479 e. The molecule has 114 valence electrons. The number of benzene rings is 2. The Morgan fingerprint density at radius 3 is 2.09 bits per heavy atom. The number of rotatable bonds is 6. The van der Waals surface area contributed by atoms with Gasteiger partial charge in [0.05, 0.1) is 17.8 Å². The Morgan fingerprint density at radius 2 is 1.55 bits per heavy atom. The van der Waals surface area contributed by atoms with Crippen molar-refractivity contribution in [3.63, 3.8) is 0 Å². The lowest BCUT2D eigenvalue weighted by Gasteiger charge is -2.24. The first-order chi connectivity index (χ1) is 10.6. The average Bonchev–Trinajstić information content (AvgIpc) is 2.55. The second kappa shape index (κ2) is 7.24. The molecule has 0 heterocycles. The zero-order valence-corrected chi connectivity index (χ0v) is 11.6. The van der Waals surface area contributed by atoms with Gasteiger partial charge in [0.25, 0.3) is 0 Å². The second-order valence-corrected chi connectivity index (χ2v) is 4.50. The van der Waals surface area contributed by atoms with Crippen LogP contribution in [0.4, 0.5) is 5.69 Å². The molecule has 6 heteroatoms. The van der Waals surface area contributed by atoms with E-state index in [4.69, 9.17) is 9.94 Å². The van der Waals surface area contributed by atoms with Crippen LogP contribution in [0.1, 0.15) is 10.4 Å². The number of carbonyl (C=O) groups is 2. The summed E-state index contributed by atoms with van der Waals surface area (Å²) in [7, 11) is 0. The first-order valence-electron chi connectivity index (χ1n) is 6.58. The summed E-state index contributed by atoms with van der Waals surface area (Å²) in [6, 6.07) is 16.8. The molecule has 0 saturated heterocycles. The molecule has 0 aliphatic heterocycles. The molecule has 0 aliphatic carbocycles. The van der Waals surface area contributed by atoms with Gasteiger partial charge in [0.1, 0.15) is 0 Å². The van der Waals surface area contributed by atoms with Crippen molar-refractivity contribution in [2.24, 2.45) is 0 Å². The normalized spacial score (nSPS) is 11.5. The Morgan fingerprint density at radius 1 is 1.00 bits per heavy atom. The second-order valence-electron chi connectivity index (χ2n) is 4.50. The van der Waals surface area contributed by atoms with E-state index in [0.29, 0.717) is 11.3 Å². The minimum atomic E-state index is -1.68. The summed E-state index contributed by atoms with van der Waals surface area (Å²) in [5.74, 6) is -2.03. The highest BCUT2D eigenvalue weighted by Crippen LogP contribution is 2.16. The number of hydrogen-bond acceptors (Lipinski definition) is 5. The molecule has 0 bridgehead atoms. The van der Waals surface area contributed by atoms with Crippen LogP contribution < -0.4 is 5.06 Å². The summed E-state index contributed by atoms with van der Waals surface area (Å²) >= 11 is 0. The molecule has 1 unspecified atom stereocenters. The Kier molecular flexibility index (Phi) is 5.11. The molecular formula is C16H15NO5. The third kappa shape index (κ3) is 4.07. The summed E-state index contributed by atoms with van der Waals surface area (Å²) in [4.78, 5) is 28.1. The maximum absolute atomic E-state index is 12.1. The van der Waals surface area contributed by atoms with E-state index in [1.807, 2.05) is 0 Å². The highest BCUT2D eigenvalue weighted by molar-refractivity contribution is 5.90. The molecule has 0 fully saturated rings. The van der Waals surface area contributed by atoms with E-state index in [0.717, 1.165) is 5.06 Å². The molecule has 6 nitrogen and oxygen atoms in total. The molecule has 22 heavy (non-hydrogen) atoms. The molecule has 2 N–H and O–H groups in total. The van der Waals surface area contributed by atoms with Gasteiger partial charge in [-0.2, -0.15) is 0 Å². The lowest BCUT2D eigenvalue weighted by Crippen LogP contribution is -2.38. The predicted octanol–water partition coefficient (Wildman–Crippen LogP) is 1.71. The number of hydroxylamine groups is 1. The maximum Gasteiger partial charge on any atom is 0.363 e. The SMILES string of the molecule is O=C(ON(CC(O)C(=O)O)c1ccccc1)c1ccccc1. The van der Waals surface area contributed by atoms with E-state index < -0.39 is 18.0 Å². The number of para-hydroxylation sites is 1. The molecule has 0 radical (unpaired) electrons. The fourth-order valence-corrected chi connectivity index (χ4v) is 1.75. The van der Waals surface area contributed by atoms with Gasteiger partial charge in [0.15, 0.2) is 6.10 Å². The number of aliphatic hydroxyl groups excluding tert-OH is 1. The van der Waals surface area contributed by atoms with Crippen LogP contribution >= 0.6 is 0 Å². The summed E-state index contributed by atoms with van der Waals surface area (Å²) in [6.45, 7) is -0.377. The summed E-state index contributed by atoms with van der Waals surface area (Å²) < 4.78 is 0. The van der Waals surface area contributed by atoms with Gasteiger partial charge in [0.2, 0.25) is 0 Å². The first-order valence-corrected chi connectivity index (χ1v) is 6.58. The van der Waals surface area contributed by atoms with Gasteiger partial charge in [-0.15, -0.1) is 0 Å². The molecule has 0 aliphatic rings. The number of carboxylic acid groups (broad SMARTS) is 1. The van der Waals surface area contributed by atoms with Crippen LogP contribution in [0.3, 0.4) is 0 Å². The van der Waals surface area contributed by atoms with Crippen LogP contribution in [0.25, 0.3) is 0 Å². The van der Waals surface area contributed by atoms with Gasteiger partial charge in [-0.05, 0) is 24.3 Å². The topological polar surface area (TPSA) is 87.1 Å². The number of anilines is 1. The van der Waals surface area contributed by atoms with Crippen LogP contribution in [0.2, 0.25) is 0 Å². The monoisotopic (exact) mass is 301 g/mol. The highest BCUT2D eigenvalue weighted by atomic mass is 16.7. The minimum Gasteiger partial charge on any atom is -0.479 e.